The fourth-order valence-corrected chi connectivity index (χ4v) is 3.42. The van der Waals surface area contributed by atoms with E-state index >= 15 is 0 Å². The highest BCUT2D eigenvalue weighted by Gasteiger charge is 2.28. The number of carbonyl (C=O) groups excluding carboxylic acids is 1. The maximum absolute atomic E-state index is 12.0. The van der Waals surface area contributed by atoms with Crippen LogP contribution in [0.3, 0.4) is 0 Å². The Morgan fingerprint density at radius 2 is 2.20 bits per heavy atom. The largest absolute Gasteiger partial charge is 0.393 e. The molecule has 0 saturated heterocycles. The lowest BCUT2D eigenvalue weighted by atomic mass is 9.82. The fourth-order valence-electron chi connectivity index (χ4n) is 2.51. The summed E-state index contributed by atoms with van der Waals surface area (Å²) in [5.41, 5.74) is 2.53. The van der Waals surface area contributed by atoms with E-state index in [0.29, 0.717) is 11.7 Å². The molecule has 1 saturated carbocycles. The third kappa shape index (κ3) is 4.53. The van der Waals surface area contributed by atoms with Crippen LogP contribution < -0.4 is 0 Å². The molecular formula is C16H23NO2S. The van der Waals surface area contributed by atoms with Gasteiger partial charge >= 0.3 is 0 Å². The SMILES string of the molecule is Cc1cccc(CSCC(=O)N(C)CC2CC(O)C2)c1. The average molecular weight is 293 g/mol. The van der Waals surface area contributed by atoms with Crippen LogP contribution in [0, 0.1) is 12.8 Å². The Bertz CT molecular complexity index is 458. The summed E-state index contributed by atoms with van der Waals surface area (Å²) in [5.74, 6) is 2.08. The van der Waals surface area contributed by atoms with Gasteiger partial charge in [-0.1, -0.05) is 29.8 Å². The van der Waals surface area contributed by atoms with Crippen LogP contribution in [0.15, 0.2) is 24.3 Å². The quantitative estimate of drug-likeness (QED) is 0.876. The van der Waals surface area contributed by atoms with Crippen LogP contribution in [-0.2, 0) is 10.5 Å². The third-order valence-electron chi connectivity index (χ3n) is 3.75. The molecule has 20 heavy (non-hydrogen) atoms. The highest BCUT2D eigenvalue weighted by atomic mass is 32.2. The molecule has 1 N–H and O–H groups in total. The van der Waals surface area contributed by atoms with E-state index in [9.17, 15) is 9.90 Å². The molecule has 2 rings (SSSR count). The molecule has 0 unspecified atom stereocenters. The maximum atomic E-state index is 12.0. The van der Waals surface area contributed by atoms with E-state index in [1.54, 1.807) is 16.7 Å². The highest BCUT2D eigenvalue weighted by Crippen LogP contribution is 2.27. The van der Waals surface area contributed by atoms with Crippen molar-refractivity contribution in [3.05, 3.63) is 35.4 Å². The molecule has 0 spiro atoms. The van der Waals surface area contributed by atoms with Gasteiger partial charge in [-0.05, 0) is 31.2 Å². The molecule has 3 nitrogen and oxygen atoms in total. The number of nitrogens with zero attached hydrogens (tertiary/aromatic N) is 1. The molecule has 4 heteroatoms. The zero-order valence-electron chi connectivity index (χ0n) is 12.2. The van der Waals surface area contributed by atoms with Gasteiger partial charge in [0, 0.05) is 19.3 Å². The summed E-state index contributed by atoms with van der Waals surface area (Å²) in [7, 11) is 1.86. The Morgan fingerprint density at radius 3 is 2.85 bits per heavy atom. The van der Waals surface area contributed by atoms with E-state index in [1.165, 1.54) is 11.1 Å². The second-order valence-corrected chi connectivity index (χ2v) is 6.73. The standard InChI is InChI=1S/C16H23NO2S/c1-12-4-3-5-13(6-12)10-20-11-16(19)17(2)9-14-7-15(18)8-14/h3-6,14-15,18H,7-11H2,1-2H3. The van der Waals surface area contributed by atoms with Crippen LogP contribution in [-0.4, -0.2) is 41.4 Å². The first-order valence-corrected chi connectivity index (χ1v) is 8.25. The van der Waals surface area contributed by atoms with E-state index in [2.05, 4.69) is 31.2 Å². The summed E-state index contributed by atoms with van der Waals surface area (Å²) in [6.45, 7) is 2.86. The molecule has 1 aromatic carbocycles. The van der Waals surface area contributed by atoms with Crippen LogP contribution in [0.1, 0.15) is 24.0 Å². The zero-order valence-corrected chi connectivity index (χ0v) is 13.0. The smallest absolute Gasteiger partial charge is 0.232 e. The van der Waals surface area contributed by atoms with Crippen LogP contribution in [0.4, 0.5) is 0 Å². The summed E-state index contributed by atoms with van der Waals surface area (Å²) in [5, 5.41) is 9.25. The Balaban J connectivity index is 1.66. The molecule has 0 heterocycles. The number of aliphatic hydroxyl groups excluding tert-OH is 1. The second kappa shape index (κ2) is 7.14. The maximum Gasteiger partial charge on any atom is 0.232 e. The molecule has 1 aliphatic carbocycles. The first kappa shape index (κ1) is 15.4. The van der Waals surface area contributed by atoms with Gasteiger partial charge < -0.3 is 10.0 Å². The minimum Gasteiger partial charge on any atom is -0.393 e. The predicted molar refractivity (Wildman–Crippen MR) is 83.7 cm³/mol. The van der Waals surface area contributed by atoms with Crippen molar-refractivity contribution >= 4 is 17.7 Å². The van der Waals surface area contributed by atoms with Crippen molar-refractivity contribution in [2.75, 3.05) is 19.3 Å². The van der Waals surface area contributed by atoms with Crippen molar-refractivity contribution in [3.8, 4) is 0 Å². The van der Waals surface area contributed by atoms with E-state index in [0.717, 1.165) is 25.1 Å². The van der Waals surface area contributed by atoms with Gasteiger partial charge in [-0.2, -0.15) is 0 Å². The number of hydrogen-bond donors (Lipinski definition) is 1. The number of amides is 1. The minimum absolute atomic E-state index is 0.140. The number of benzene rings is 1. The molecule has 110 valence electrons. The van der Waals surface area contributed by atoms with Crippen molar-refractivity contribution in [3.63, 3.8) is 0 Å². The fraction of sp³-hybridized carbons (Fsp3) is 0.562. The van der Waals surface area contributed by atoms with E-state index in [4.69, 9.17) is 0 Å². The lowest BCUT2D eigenvalue weighted by Crippen LogP contribution is -2.40. The minimum atomic E-state index is -0.140. The topological polar surface area (TPSA) is 40.5 Å². The summed E-state index contributed by atoms with van der Waals surface area (Å²) >= 11 is 1.66. The van der Waals surface area contributed by atoms with Gasteiger partial charge in [0.05, 0.1) is 11.9 Å². The first-order valence-electron chi connectivity index (χ1n) is 7.10. The number of aryl methyl sites for hydroxylation is 1. The highest BCUT2D eigenvalue weighted by molar-refractivity contribution is 7.99. The molecule has 1 aromatic rings. The van der Waals surface area contributed by atoms with Crippen LogP contribution in [0.5, 0.6) is 0 Å². The molecule has 0 radical (unpaired) electrons. The average Bonchev–Trinajstić information content (AvgIpc) is 2.36. The third-order valence-corrected chi connectivity index (χ3v) is 4.73. The first-order chi connectivity index (χ1) is 9.54. The molecule has 1 aliphatic rings. The van der Waals surface area contributed by atoms with Gasteiger partial charge in [0.2, 0.25) is 5.91 Å². The van der Waals surface area contributed by atoms with Crippen molar-refractivity contribution in [1.82, 2.24) is 4.90 Å². The second-order valence-electron chi connectivity index (χ2n) is 5.75. The van der Waals surface area contributed by atoms with Crippen LogP contribution in [0.25, 0.3) is 0 Å². The normalized spacial score (nSPS) is 21.4. The van der Waals surface area contributed by atoms with Crippen LogP contribution in [0.2, 0.25) is 0 Å². The van der Waals surface area contributed by atoms with Gasteiger partial charge in [-0.25, -0.2) is 0 Å². The van der Waals surface area contributed by atoms with Gasteiger partial charge in [0.25, 0.3) is 0 Å². The number of aliphatic hydroxyl groups is 1. The molecule has 1 fully saturated rings. The Kier molecular flexibility index (Phi) is 5.49. The Labute approximate surface area is 125 Å². The molecule has 0 aromatic heterocycles. The Hall–Kier alpha value is -1.00. The summed E-state index contributed by atoms with van der Waals surface area (Å²) in [6.07, 6.45) is 1.54. The lowest BCUT2D eigenvalue weighted by molar-refractivity contribution is -0.128. The molecule has 0 atom stereocenters. The van der Waals surface area contributed by atoms with Crippen molar-refractivity contribution in [1.29, 1.82) is 0 Å². The molecule has 0 bridgehead atoms. The van der Waals surface area contributed by atoms with Crippen molar-refractivity contribution < 1.29 is 9.90 Å². The summed E-state index contributed by atoms with van der Waals surface area (Å²) < 4.78 is 0. The van der Waals surface area contributed by atoms with E-state index in [1.807, 2.05) is 7.05 Å². The van der Waals surface area contributed by atoms with Crippen molar-refractivity contribution in [2.24, 2.45) is 5.92 Å². The lowest BCUT2D eigenvalue weighted by Gasteiger charge is -2.34. The van der Waals surface area contributed by atoms with E-state index in [-0.39, 0.29) is 12.0 Å². The van der Waals surface area contributed by atoms with Gasteiger partial charge in [-0.3, -0.25) is 4.79 Å². The number of carbonyl (C=O) groups is 1. The predicted octanol–water partition coefficient (Wildman–Crippen LogP) is 2.46. The molecular weight excluding hydrogens is 270 g/mol. The summed E-state index contributed by atoms with van der Waals surface area (Å²) in [4.78, 5) is 13.8. The van der Waals surface area contributed by atoms with E-state index < -0.39 is 0 Å². The number of hydrogen-bond acceptors (Lipinski definition) is 3. The van der Waals surface area contributed by atoms with Crippen molar-refractivity contribution in [2.45, 2.75) is 31.6 Å². The zero-order chi connectivity index (χ0) is 14.5. The molecule has 1 amide bonds. The molecule has 0 aliphatic heterocycles. The number of rotatable bonds is 6. The van der Waals surface area contributed by atoms with Crippen LogP contribution >= 0.6 is 11.8 Å². The van der Waals surface area contributed by atoms with Gasteiger partial charge in [-0.15, -0.1) is 11.8 Å². The summed E-state index contributed by atoms with van der Waals surface area (Å²) in [6, 6.07) is 8.40. The van der Waals surface area contributed by atoms with Gasteiger partial charge in [0.15, 0.2) is 0 Å². The number of thioether (sulfide) groups is 1. The monoisotopic (exact) mass is 293 g/mol. The van der Waals surface area contributed by atoms with Gasteiger partial charge in [0.1, 0.15) is 0 Å². The Morgan fingerprint density at radius 1 is 1.45 bits per heavy atom.